The van der Waals surface area contributed by atoms with Crippen LogP contribution in [0, 0.1) is 0 Å². The van der Waals surface area contributed by atoms with Gasteiger partial charge in [-0.3, -0.25) is 4.90 Å². The van der Waals surface area contributed by atoms with Gasteiger partial charge < -0.3 is 19.7 Å². The zero-order valence-electron chi connectivity index (χ0n) is 11.5. The minimum atomic E-state index is 0.0172. The molecule has 0 aromatic rings. The molecular weight excluding hydrogens is 234 g/mol. The molecule has 0 radical (unpaired) electrons. The molecule has 6 nitrogen and oxygen atoms in total. The summed E-state index contributed by atoms with van der Waals surface area (Å²) < 4.78 is 9.93. The fourth-order valence-corrected chi connectivity index (χ4v) is 1.98. The van der Waals surface area contributed by atoms with Gasteiger partial charge in [0.15, 0.2) is 0 Å². The third-order valence-electron chi connectivity index (χ3n) is 3.06. The SMILES string of the molecule is COCCCN1CCN(C(=O)NCCOC)CC1. The smallest absolute Gasteiger partial charge is 0.317 e. The molecular formula is C12H25N3O3. The summed E-state index contributed by atoms with van der Waals surface area (Å²) in [6.07, 6.45) is 1.05. The highest BCUT2D eigenvalue weighted by Crippen LogP contribution is 2.02. The maximum atomic E-state index is 11.8. The Morgan fingerprint density at radius 2 is 1.78 bits per heavy atom. The minimum Gasteiger partial charge on any atom is -0.385 e. The Bertz CT molecular complexity index is 231. The van der Waals surface area contributed by atoms with Gasteiger partial charge >= 0.3 is 6.03 Å². The highest BCUT2D eigenvalue weighted by Gasteiger charge is 2.20. The first-order chi connectivity index (χ1) is 8.77. The molecule has 0 atom stereocenters. The van der Waals surface area contributed by atoms with Crippen molar-refractivity contribution in [1.29, 1.82) is 0 Å². The van der Waals surface area contributed by atoms with E-state index in [1.165, 1.54) is 0 Å². The molecule has 0 aromatic carbocycles. The molecule has 0 bridgehead atoms. The molecule has 106 valence electrons. The third kappa shape index (κ3) is 5.66. The van der Waals surface area contributed by atoms with Gasteiger partial charge in [-0.05, 0) is 6.42 Å². The number of nitrogens with zero attached hydrogens (tertiary/aromatic N) is 2. The molecule has 1 saturated heterocycles. The summed E-state index contributed by atoms with van der Waals surface area (Å²) in [5, 5.41) is 2.84. The van der Waals surface area contributed by atoms with Crippen LogP contribution in [0.2, 0.25) is 0 Å². The van der Waals surface area contributed by atoms with Crippen LogP contribution in [0.3, 0.4) is 0 Å². The van der Waals surface area contributed by atoms with Gasteiger partial charge in [-0.2, -0.15) is 0 Å². The predicted molar refractivity (Wildman–Crippen MR) is 69.8 cm³/mol. The number of methoxy groups -OCH3 is 2. The van der Waals surface area contributed by atoms with Gasteiger partial charge in [0.05, 0.1) is 6.61 Å². The van der Waals surface area contributed by atoms with Crippen LogP contribution in [0.15, 0.2) is 0 Å². The standard InChI is InChI=1S/C12H25N3O3/c1-17-10-3-5-14-6-8-15(9-7-14)12(16)13-4-11-18-2/h3-11H2,1-2H3,(H,13,16). The lowest BCUT2D eigenvalue weighted by atomic mass is 10.3. The maximum Gasteiger partial charge on any atom is 0.317 e. The maximum absolute atomic E-state index is 11.8. The van der Waals surface area contributed by atoms with Gasteiger partial charge in [-0.1, -0.05) is 0 Å². The third-order valence-corrected chi connectivity index (χ3v) is 3.06. The molecule has 1 aliphatic heterocycles. The molecule has 0 aliphatic carbocycles. The fraction of sp³-hybridized carbons (Fsp3) is 0.917. The van der Waals surface area contributed by atoms with Crippen molar-refractivity contribution in [1.82, 2.24) is 15.1 Å². The predicted octanol–water partition coefficient (Wildman–Crippen LogP) is -0.00350. The van der Waals surface area contributed by atoms with E-state index in [0.717, 1.165) is 45.8 Å². The van der Waals surface area contributed by atoms with Gasteiger partial charge in [-0.15, -0.1) is 0 Å². The van der Waals surface area contributed by atoms with Crippen molar-refractivity contribution < 1.29 is 14.3 Å². The summed E-state index contributed by atoms with van der Waals surface area (Å²) in [6, 6.07) is 0.0172. The van der Waals surface area contributed by atoms with Crippen molar-refractivity contribution in [3.63, 3.8) is 0 Å². The van der Waals surface area contributed by atoms with E-state index in [9.17, 15) is 4.79 Å². The normalized spacial score (nSPS) is 16.9. The second kappa shape index (κ2) is 9.13. The van der Waals surface area contributed by atoms with Crippen molar-refractivity contribution in [2.75, 3.05) is 66.7 Å². The van der Waals surface area contributed by atoms with E-state index in [1.807, 2.05) is 4.90 Å². The summed E-state index contributed by atoms with van der Waals surface area (Å²) in [7, 11) is 3.35. The second-order valence-corrected chi connectivity index (χ2v) is 4.40. The molecule has 6 heteroatoms. The zero-order chi connectivity index (χ0) is 13.2. The van der Waals surface area contributed by atoms with Crippen molar-refractivity contribution >= 4 is 6.03 Å². The highest BCUT2D eigenvalue weighted by molar-refractivity contribution is 5.74. The largest absolute Gasteiger partial charge is 0.385 e. The molecule has 1 aliphatic rings. The summed E-state index contributed by atoms with van der Waals surface area (Å²) in [5.74, 6) is 0. The molecule has 0 spiro atoms. The van der Waals surface area contributed by atoms with Crippen LogP contribution in [0.4, 0.5) is 4.79 Å². The average molecular weight is 259 g/mol. The summed E-state index contributed by atoms with van der Waals surface area (Å²) in [5.41, 5.74) is 0. The summed E-state index contributed by atoms with van der Waals surface area (Å²) in [4.78, 5) is 16.0. The van der Waals surface area contributed by atoms with Crippen LogP contribution in [0.25, 0.3) is 0 Å². The molecule has 18 heavy (non-hydrogen) atoms. The lowest BCUT2D eigenvalue weighted by Crippen LogP contribution is -2.52. The number of carbonyl (C=O) groups is 1. The van der Waals surface area contributed by atoms with Gasteiger partial charge in [-0.25, -0.2) is 4.79 Å². The Labute approximate surface area is 109 Å². The Morgan fingerprint density at radius 1 is 1.11 bits per heavy atom. The number of urea groups is 1. The van der Waals surface area contributed by atoms with Crippen LogP contribution in [-0.4, -0.2) is 82.5 Å². The Morgan fingerprint density at radius 3 is 2.39 bits per heavy atom. The molecule has 1 rings (SSSR count). The minimum absolute atomic E-state index is 0.0172. The van der Waals surface area contributed by atoms with Gasteiger partial charge in [0.1, 0.15) is 0 Å². The lowest BCUT2D eigenvalue weighted by molar-refractivity contribution is 0.123. The van der Waals surface area contributed by atoms with E-state index < -0.39 is 0 Å². The number of nitrogens with one attached hydrogen (secondary N) is 1. The van der Waals surface area contributed by atoms with E-state index in [4.69, 9.17) is 9.47 Å². The number of ether oxygens (including phenoxy) is 2. The number of amides is 2. The van der Waals surface area contributed by atoms with E-state index in [2.05, 4.69) is 10.2 Å². The van der Waals surface area contributed by atoms with Crippen molar-refractivity contribution in [2.45, 2.75) is 6.42 Å². The van der Waals surface area contributed by atoms with Gasteiger partial charge in [0.25, 0.3) is 0 Å². The lowest BCUT2D eigenvalue weighted by Gasteiger charge is -2.34. The van der Waals surface area contributed by atoms with Crippen molar-refractivity contribution in [3.8, 4) is 0 Å². The summed E-state index contributed by atoms with van der Waals surface area (Å²) in [6.45, 7) is 6.47. The van der Waals surface area contributed by atoms with E-state index >= 15 is 0 Å². The highest BCUT2D eigenvalue weighted by atomic mass is 16.5. The monoisotopic (exact) mass is 259 g/mol. The molecule has 1 fully saturated rings. The Balaban J connectivity index is 2.12. The van der Waals surface area contributed by atoms with Crippen LogP contribution in [0.5, 0.6) is 0 Å². The van der Waals surface area contributed by atoms with E-state index in [1.54, 1.807) is 14.2 Å². The number of rotatable bonds is 7. The molecule has 2 amide bonds. The number of hydrogen-bond donors (Lipinski definition) is 1. The first kappa shape index (κ1) is 15.2. The molecule has 1 heterocycles. The van der Waals surface area contributed by atoms with Crippen LogP contribution < -0.4 is 5.32 Å². The average Bonchev–Trinajstić information content (AvgIpc) is 2.40. The molecule has 1 N–H and O–H groups in total. The van der Waals surface area contributed by atoms with Gasteiger partial charge in [0, 0.05) is 60.1 Å². The number of piperazine rings is 1. The first-order valence-electron chi connectivity index (χ1n) is 6.51. The molecule has 0 unspecified atom stereocenters. The van der Waals surface area contributed by atoms with Crippen LogP contribution in [0.1, 0.15) is 6.42 Å². The van der Waals surface area contributed by atoms with Crippen LogP contribution in [-0.2, 0) is 9.47 Å². The Kier molecular flexibility index (Phi) is 7.71. The second-order valence-electron chi connectivity index (χ2n) is 4.40. The quantitative estimate of drug-likeness (QED) is 0.654. The van der Waals surface area contributed by atoms with E-state index in [-0.39, 0.29) is 6.03 Å². The topological polar surface area (TPSA) is 54.0 Å². The number of hydrogen-bond acceptors (Lipinski definition) is 4. The van der Waals surface area contributed by atoms with Crippen LogP contribution >= 0.6 is 0 Å². The first-order valence-corrected chi connectivity index (χ1v) is 6.51. The fourth-order valence-electron chi connectivity index (χ4n) is 1.98. The zero-order valence-corrected chi connectivity index (χ0v) is 11.5. The van der Waals surface area contributed by atoms with E-state index in [0.29, 0.717) is 13.2 Å². The Hall–Kier alpha value is -0.850. The molecule has 0 aromatic heterocycles. The van der Waals surface area contributed by atoms with Gasteiger partial charge in [0.2, 0.25) is 0 Å². The molecule has 0 saturated carbocycles. The van der Waals surface area contributed by atoms with Crippen molar-refractivity contribution in [2.24, 2.45) is 0 Å². The summed E-state index contributed by atoms with van der Waals surface area (Å²) >= 11 is 0. The van der Waals surface area contributed by atoms with Crippen molar-refractivity contribution in [3.05, 3.63) is 0 Å². The number of carbonyl (C=O) groups excluding carboxylic acids is 1.